The molecule has 31 heavy (non-hydrogen) atoms. The first-order valence-electron chi connectivity index (χ1n) is 11.5. The summed E-state index contributed by atoms with van der Waals surface area (Å²) < 4.78 is 2.40. The number of hydrogen-bond donors (Lipinski definition) is 0. The van der Waals surface area contributed by atoms with Gasteiger partial charge in [-0.3, -0.25) is 4.90 Å². The van der Waals surface area contributed by atoms with Crippen molar-refractivity contribution < 1.29 is 0 Å². The Morgan fingerprint density at radius 2 is 1.77 bits per heavy atom. The average Bonchev–Trinajstić information content (AvgIpc) is 3.56. The Bertz CT molecular complexity index is 1210. The van der Waals surface area contributed by atoms with Crippen LogP contribution < -0.4 is 0 Å². The maximum Gasteiger partial charge on any atom is 0.128 e. The summed E-state index contributed by atoms with van der Waals surface area (Å²) in [5.74, 6) is 1.87. The maximum absolute atomic E-state index is 4.95. The molecule has 1 fully saturated rings. The molecule has 4 heteroatoms. The first kappa shape index (κ1) is 18.8. The molecule has 1 aliphatic heterocycles. The molecule has 0 radical (unpaired) electrons. The van der Waals surface area contributed by atoms with Gasteiger partial charge in [-0.1, -0.05) is 48.5 Å². The van der Waals surface area contributed by atoms with Crippen LogP contribution in [0.3, 0.4) is 0 Å². The van der Waals surface area contributed by atoms with Gasteiger partial charge in [-0.2, -0.15) is 0 Å². The molecule has 1 aliphatic carbocycles. The second kappa shape index (κ2) is 7.93. The first-order chi connectivity index (χ1) is 15.3. The van der Waals surface area contributed by atoms with Crippen molar-refractivity contribution in [2.24, 2.45) is 5.92 Å². The van der Waals surface area contributed by atoms with Crippen LogP contribution in [0, 0.1) is 5.92 Å². The van der Waals surface area contributed by atoms with E-state index in [1.807, 2.05) is 0 Å². The van der Waals surface area contributed by atoms with Gasteiger partial charge in [-0.15, -0.1) is 0 Å². The summed E-state index contributed by atoms with van der Waals surface area (Å²) in [6, 6.07) is 19.5. The minimum atomic E-state index is 0.827. The van der Waals surface area contributed by atoms with E-state index in [-0.39, 0.29) is 0 Å². The van der Waals surface area contributed by atoms with Gasteiger partial charge in [-0.25, -0.2) is 9.97 Å². The van der Waals surface area contributed by atoms with Crippen LogP contribution in [0.15, 0.2) is 67.0 Å². The number of nitrogens with zero attached hydrogens (tertiary/aromatic N) is 4. The zero-order chi connectivity index (χ0) is 20.6. The molecule has 0 N–H and O–H groups in total. The van der Waals surface area contributed by atoms with E-state index in [1.165, 1.54) is 46.1 Å². The van der Waals surface area contributed by atoms with Gasteiger partial charge < -0.3 is 4.57 Å². The van der Waals surface area contributed by atoms with Crippen molar-refractivity contribution in [2.45, 2.75) is 45.3 Å². The molecule has 1 saturated carbocycles. The fraction of sp³-hybridized carbons (Fsp3) is 0.333. The lowest BCUT2D eigenvalue weighted by Crippen LogP contribution is -2.31. The Morgan fingerprint density at radius 1 is 0.935 bits per heavy atom. The minimum Gasteiger partial charge on any atom is -0.343 e. The predicted octanol–water partition coefficient (Wildman–Crippen LogP) is 4.99. The molecule has 156 valence electrons. The fourth-order valence-electron chi connectivity index (χ4n) is 4.81. The largest absolute Gasteiger partial charge is 0.343 e. The Kier molecular flexibility index (Phi) is 4.80. The fourth-order valence-corrected chi connectivity index (χ4v) is 4.81. The molecule has 0 amide bonds. The molecule has 0 saturated heterocycles. The van der Waals surface area contributed by atoms with Crippen LogP contribution in [0.2, 0.25) is 0 Å². The highest BCUT2D eigenvalue weighted by Gasteiger charge is 2.25. The van der Waals surface area contributed by atoms with Crippen LogP contribution >= 0.6 is 0 Å². The quantitative estimate of drug-likeness (QED) is 0.451. The lowest BCUT2D eigenvalue weighted by atomic mass is 10.1. The number of para-hydroxylation sites is 1. The monoisotopic (exact) mass is 408 g/mol. The molecule has 2 aromatic heterocycles. The van der Waals surface area contributed by atoms with Gasteiger partial charge in [0.2, 0.25) is 0 Å². The van der Waals surface area contributed by atoms with E-state index in [1.54, 1.807) is 0 Å². The molecule has 4 nitrogen and oxygen atoms in total. The zero-order valence-electron chi connectivity index (χ0n) is 17.9. The van der Waals surface area contributed by atoms with Crippen LogP contribution in [0.5, 0.6) is 0 Å². The minimum absolute atomic E-state index is 0.827. The van der Waals surface area contributed by atoms with E-state index in [0.29, 0.717) is 0 Å². The van der Waals surface area contributed by atoms with Gasteiger partial charge in [0.25, 0.3) is 0 Å². The van der Waals surface area contributed by atoms with E-state index < -0.39 is 0 Å². The lowest BCUT2D eigenvalue weighted by Gasteiger charge is -2.27. The molecule has 0 atom stereocenters. The summed E-state index contributed by atoms with van der Waals surface area (Å²) in [6.45, 7) is 3.86. The van der Waals surface area contributed by atoms with Crippen molar-refractivity contribution in [3.8, 4) is 0 Å². The van der Waals surface area contributed by atoms with Crippen molar-refractivity contribution in [3.63, 3.8) is 0 Å². The SMILES string of the molecule is c1ccc(Cn2cc(CN3CCc4cnc(CC5CC5)nc4C3)c3ccccc32)cc1. The molecule has 4 aromatic rings. The Morgan fingerprint density at radius 3 is 2.65 bits per heavy atom. The maximum atomic E-state index is 4.95. The summed E-state index contributed by atoms with van der Waals surface area (Å²) in [6.07, 6.45) is 9.23. The smallest absolute Gasteiger partial charge is 0.128 e. The summed E-state index contributed by atoms with van der Waals surface area (Å²) >= 11 is 0. The first-order valence-corrected chi connectivity index (χ1v) is 11.5. The summed E-state index contributed by atoms with van der Waals surface area (Å²) in [4.78, 5) is 12.1. The molecule has 0 unspecified atom stereocenters. The second-order valence-electron chi connectivity index (χ2n) is 9.15. The van der Waals surface area contributed by atoms with Gasteiger partial charge in [0.15, 0.2) is 0 Å². The van der Waals surface area contributed by atoms with Crippen LogP contribution in [0.25, 0.3) is 10.9 Å². The molecular weight excluding hydrogens is 380 g/mol. The van der Waals surface area contributed by atoms with Crippen LogP contribution in [-0.2, 0) is 32.5 Å². The Balaban J connectivity index is 1.24. The third-order valence-corrected chi connectivity index (χ3v) is 6.70. The van der Waals surface area contributed by atoms with E-state index >= 15 is 0 Å². The number of benzene rings is 2. The number of rotatable bonds is 6. The molecule has 2 aliphatic rings. The molecular formula is C27H28N4. The van der Waals surface area contributed by atoms with Gasteiger partial charge in [-0.05, 0) is 47.9 Å². The summed E-state index contributed by atoms with van der Waals surface area (Å²) in [7, 11) is 0. The standard InChI is InChI=1S/C27H28N4/c1-2-6-21(7-3-1)16-31-18-23(24-8-4-5-9-26(24)31)17-30-13-12-22-15-28-27(14-20-10-11-20)29-25(22)19-30/h1-9,15,18,20H,10-14,16-17,19H2. The molecule has 0 bridgehead atoms. The van der Waals surface area contributed by atoms with Crippen molar-refractivity contribution in [1.82, 2.24) is 19.4 Å². The van der Waals surface area contributed by atoms with Crippen molar-refractivity contribution in [2.75, 3.05) is 6.54 Å². The van der Waals surface area contributed by atoms with Crippen molar-refractivity contribution >= 4 is 10.9 Å². The summed E-state index contributed by atoms with van der Waals surface area (Å²) in [5, 5.41) is 1.36. The van der Waals surface area contributed by atoms with Crippen LogP contribution in [0.4, 0.5) is 0 Å². The average molecular weight is 409 g/mol. The van der Waals surface area contributed by atoms with Crippen molar-refractivity contribution in [1.29, 1.82) is 0 Å². The molecule has 2 aromatic carbocycles. The highest BCUT2D eigenvalue weighted by atomic mass is 15.1. The van der Waals surface area contributed by atoms with Gasteiger partial charge in [0.05, 0.1) is 5.69 Å². The number of hydrogen-bond acceptors (Lipinski definition) is 3. The zero-order valence-corrected chi connectivity index (χ0v) is 17.9. The highest BCUT2D eigenvalue weighted by molar-refractivity contribution is 5.84. The normalized spacial score (nSPS) is 16.5. The third-order valence-electron chi connectivity index (χ3n) is 6.70. The Labute approximate surface area is 183 Å². The van der Waals surface area contributed by atoms with Gasteiger partial charge >= 0.3 is 0 Å². The van der Waals surface area contributed by atoms with E-state index in [0.717, 1.165) is 50.8 Å². The van der Waals surface area contributed by atoms with E-state index in [2.05, 4.69) is 81.4 Å². The highest BCUT2D eigenvalue weighted by Crippen LogP contribution is 2.32. The lowest BCUT2D eigenvalue weighted by molar-refractivity contribution is 0.241. The van der Waals surface area contributed by atoms with Gasteiger partial charge in [0, 0.05) is 55.9 Å². The van der Waals surface area contributed by atoms with E-state index in [4.69, 9.17) is 4.98 Å². The van der Waals surface area contributed by atoms with Crippen LogP contribution in [-0.4, -0.2) is 26.0 Å². The topological polar surface area (TPSA) is 34.0 Å². The summed E-state index contributed by atoms with van der Waals surface area (Å²) in [5.41, 5.74) is 6.63. The second-order valence-corrected chi connectivity index (χ2v) is 9.15. The van der Waals surface area contributed by atoms with Crippen LogP contribution in [0.1, 0.15) is 41.1 Å². The molecule has 6 rings (SSSR count). The van der Waals surface area contributed by atoms with E-state index in [9.17, 15) is 0 Å². The third kappa shape index (κ3) is 4.00. The molecule has 3 heterocycles. The Hall–Kier alpha value is -2.98. The van der Waals surface area contributed by atoms with Gasteiger partial charge in [0.1, 0.15) is 5.82 Å². The number of aromatic nitrogens is 3. The number of fused-ring (bicyclic) bond motifs is 2. The predicted molar refractivity (Wildman–Crippen MR) is 124 cm³/mol. The molecule has 0 spiro atoms. The van der Waals surface area contributed by atoms with Crippen molar-refractivity contribution in [3.05, 3.63) is 95.2 Å².